The van der Waals surface area contributed by atoms with Gasteiger partial charge in [0.25, 0.3) is 0 Å². The first-order valence-corrected chi connectivity index (χ1v) is 8.39. The van der Waals surface area contributed by atoms with Gasteiger partial charge in [-0.15, -0.1) is 0 Å². The van der Waals surface area contributed by atoms with E-state index < -0.39 is 23.1 Å². The Balaban J connectivity index is 2.09. The van der Waals surface area contributed by atoms with Gasteiger partial charge in [0.2, 0.25) is 11.6 Å². The molecule has 0 bridgehead atoms. The molecule has 0 atom stereocenters. The van der Waals surface area contributed by atoms with Crippen molar-refractivity contribution in [1.82, 2.24) is 0 Å². The highest BCUT2D eigenvalue weighted by molar-refractivity contribution is 6.34. The molecule has 1 aliphatic carbocycles. The zero-order chi connectivity index (χ0) is 20.3. The van der Waals surface area contributed by atoms with E-state index in [9.17, 15) is 24.9 Å². The number of anilines is 2. The average Bonchev–Trinajstić information content (AvgIpc) is 2.63. The van der Waals surface area contributed by atoms with E-state index in [1.54, 1.807) is 19.1 Å². The van der Waals surface area contributed by atoms with Crippen LogP contribution in [0.1, 0.15) is 37.4 Å². The molecule has 0 radical (unpaired) electrons. The van der Waals surface area contributed by atoms with Crippen molar-refractivity contribution < 1.29 is 24.9 Å². The highest BCUT2D eigenvalue weighted by Gasteiger charge is 2.38. The van der Waals surface area contributed by atoms with Gasteiger partial charge in [0, 0.05) is 16.8 Å². The standard InChI is InChI=1S/C21H16N2O5/c1-8-3-2-4-11(24)14(8)9-7-13(26)17-18(19(9)23)21(28)16-12(25)6-5-10(22)15(16)20(17)27/h2-7,24-26H,22-23H2,1H3. The van der Waals surface area contributed by atoms with E-state index in [0.29, 0.717) is 11.1 Å². The summed E-state index contributed by atoms with van der Waals surface area (Å²) in [5.74, 6) is -2.39. The van der Waals surface area contributed by atoms with E-state index in [4.69, 9.17) is 11.5 Å². The van der Waals surface area contributed by atoms with Crippen molar-refractivity contribution in [1.29, 1.82) is 0 Å². The number of aromatic hydroxyl groups is 3. The monoisotopic (exact) mass is 376 g/mol. The van der Waals surface area contributed by atoms with Crippen molar-refractivity contribution in [3.05, 3.63) is 64.2 Å². The Hall–Kier alpha value is -4.00. The van der Waals surface area contributed by atoms with E-state index in [2.05, 4.69) is 0 Å². The highest BCUT2D eigenvalue weighted by atomic mass is 16.3. The molecule has 0 spiro atoms. The van der Waals surface area contributed by atoms with Gasteiger partial charge in [0.05, 0.1) is 27.9 Å². The number of carbonyl (C=O) groups is 2. The molecule has 0 aromatic heterocycles. The van der Waals surface area contributed by atoms with Crippen molar-refractivity contribution in [2.45, 2.75) is 6.92 Å². The van der Waals surface area contributed by atoms with E-state index in [1.165, 1.54) is 24.3 Å². The summed E-state index contributed by atoms with van der Waals surface area (Å²) in [7, 11) is 0. The Morgan fingerprint density at radius 2 is 1.32 bits per heavy atom. The maximum atomic E-state index is 13.1. The smallest absolute Gasteiger partial charge is 0.200 e. The number of ketones is 2. The van der Waals surface area contributed by atoms with E-state index in [1.807, 2.05) is 0 Å². The largest absolute Gasteiger partial charge is 0.507 e. The summed E-state index contributed by atoms with van der Waals surface area (Å²) >= 11 is 0. The van der Waals surface area contributed by atoms with Gasteiger partial charge >= 0.3 is 0 Å². The predicted octanol–water partition coefficient (Wildman–Crippen LogP) is 2.72. The molecule has 0 amide bonds. The number of phenols is 3. The molecule has 0 saturated carbocycles. The molecule has 3 aromatic rings. The second kappa shape index (κ2) is 5.75. The molecule has 7 heteroatoms. The SMILES string of the molecule is Cc1cccc(O)c1-c1cc(O)c2c(c1N)C(=O)c1c(O)ccc(N)c1C2=O. The minimum Gasteiger partial charge on any atom is -0.507 e. The van der Waals surface area contributed by atoms with Gasteiger partial charge in [-0.1, -0.05) is 12.1 Å². The lowest BCUT2D eigenvalue weighted by Crippen LogP contribution is -2.24. The van der Waals surface area contributed by atoms with Crippen molar-refractivity contribution in [2.24, 2.45) is 0 Å². The van der Waals surface area contributed by atoms with Gasteiger partial charge in [-0.2, -0.15) is 0 Å². The zero-order valence-corrected chi connectivity index (χ0v) is 14.8. The lowest BCUT2D eigenvalue weighted by atomic mass is 9.79. The molecule has 1 aliphatic rings. The number of nitrogens with two attached hydrogens (primary N) is 2. The number of benzene rings is 3. The van der Waals surface area contributed by atoms with E-state index in [-0.39, 0.29) is 44.9 Å². The fourth-order valence-corrected chi connectivity index (χ4v) is 3.69. The lowest BCUT2D eigenvalue weighted by molar-refractivity contribution is 0.0975. The van der Waals surface area contributed by atoms with Crippen molar-refractivity contribution in [3.63, 3.8) is 0 Å². The number of aryl methyl sites for hydroxylation is 1. The van der Waals surface area contributed by atoms with Crippen LogP contribution in [0.15, 0.2) is 36.4 Å². The molecule has 7 N–H and O–H groups in total. The molecule has 140 valence electrons. The first-order valence-electron chi connectivity index (χ1n) is 8.39. The van der Waals surface area contributed by atoms with Crippen LogP contribution in [-0.2, 0) is 0 Å². The normalized spacial score (nSPS) is 12.6. The fourth-order valence-electron chi connectivity index (χ4n) is 3.69. The molecule has 3 aromatic carbocycles. The third-order valence-corrected chi connectivity index (χ3v) is 4.99. The lowest BCUT2D eigenvalue weighted by Gasteiger charge is -2.24. The summed E-state index contributed by atoms with van der Waals surface area (Å²) in [6, 6.07) is 8.61. The topological polar surface area (TPSA) is 147 Å². The predicted molar refractivity (Wildman–Crippen MR) is 104 cm³/mol. The molecular weight excluding hydrogens is 360 g/mol. The summed E-state index contributed by atoms with van der Waals surface area (Å²) in [5, 5.41) is 31.0. The molecule has 0 unspecified atom stereocenters. The maximum absolute atomic E-state index is 13.1. The zero-order valence-electron chi connectivity index (χ0n) is 14.8. The van der Waals surface area contributed by atoms with Gasteiger partial charge < -0.3 is 26.8 Å². The van der Waals surface area contributed by atoms with Crippen LogP contribution < -0.4 is 11.5 Å². The van der Waals surface area contributed by atoms with Gasteiger partial charge in [0.1, 0.15) is 17.2 Å². The van der Waals surface area contributed by atoms with Crippen LogP contribution in [-0.4, -0.2) is 26.9 Å². The molecule has 0 fully saturated rings. The molecule has 7 nitrogen and oxygen atoms in total. The number of rotatable bonds is 1. The Morgan fingerprint density at radius 3 is 2.00 bits per heavy atom. The first-order chi connectivity index (χ1) is 13.2. The molecule has 0 aliphatic heterocycles. The summed E-state index contributed by atoms with van der Waals surface area (Å²) in [4.78, 5) is 26.1. The second-order valence-electron chi connectivity index (χ2n) is 6.66. The second-order valence-corrected chi connectivity index (χ2v) is 6.66. The summed E-state index contributed by atoms with van der Waals surface area (Å²) in [5.41, 5.74) is 12.3. The third-order valence-electron chi connectivity index (χ3n) is 4.99. The number of nitrogen functional groups attached to an aromatic ring is 2. The molecule has 4 rings (SSSR count). The van der Waals surface area contributed by atoms with Crippen molar-refractivity contribution in [3.8, 4) is 28.4 Å². The number of hydrogen-bond acceptors (Lipinski definition) is 7. The molecule has 0 saturated heterocycles. The minimum absolute atomic E-state index is 0.00963. The Bertz CT molecular complexity index is 1190. The number of fused-ring (bicyclic) bond motifs is 2. The Kier molecular flexibility index (Phi) is 3.58. The van der Waals surface area contributed by atoms with Crippen LogP contribution in [0.5, 0.6) is 17.2 Å². The van der Waals surface area contributed by atoms with Crippen molar-refractivity contribution >= 4 is 22.9 Å². The summed E-state index contributed by atoms with van der Waals surface area (Å²) in [6.45, 7) is 1.74. The minimum atomic E-state index is -0.725. The number of phenolic OH excluding ortho intramolecular Hbond substituents is 3. The van der Waals surface area contributed by atoms with Crippen LogP contribution in [0.3, 0.4) is 0 Å². The third kappa shape index (κ3) is 2.16. The van der Waals surface area contributed by atoms with Crippen LogP contribution in [0.25, 0.3) is 11.1 Å². The Labute approximate surface area is 159 Å². The summed E-state index contributed by atoms with van der Waals surface area (Å²) in [6.07, 6.45) is 0. The quantitative estimate of drug-likeness (QED) is 0.253. The van der Waals surface area contributed by atoms with Gasteiger partial charge in [-0.25, -0.2) is 0 Å². The van der Waals surface area contributed by atoms with Crippen LogP contribution in [0.4, 0.5) is 11.4 Å². The molecule has 28 heavy (non-hydrogen) atoms. The highest BCUT2D eigenvalue weighted by Crippen LogP contribution is 2.46. The van der Waals surface area contributed by atoms with Gasteiger partial charge in [-0.3, -0.25) is 9.59 Å². The van der Waals surface area contributed by atoms with Crippen LogP contribution >= 0.6 is 0 Å². The van der Waals surface area contributed by atoms with Crippen molar-refractivity contribution in [2.75, 3.05) is 11.5 Å². The Morgan fingerprint density at radius 1 is 0.714 bits per heavy atom. The van der Waals surface area contributed by atoms with Gasteiger partial charge in [-0.05, 0) is 36.8 Å². The molecular formula is C21H16N2O5. The number of hydrogen-bond donors (Lipinski definition) is 5. The van der Waals surface area contributed by atoms with Crippen LogP contribution in [0.2, 0.25) is 0 Å². The van der Waals surface area contributed by atoms with Gasteiger partial charge in [0.15, 0.2) is 0 Å². The molecule has 0 heterocycles. The number of carbonyl (C=O) groups excluding carboxylic acids is 2. The first kappa shape index (κ1) is 17.4. The fraction of sp³-hybridized carbons (Fsp3) is 0.0476. The van der Waals surface area contributed by atoms with Crippen LogP contribution in [0, 0.1) is 6.92 Å². The maximum Gasteiger partial charge on any atom is 0.200 e. The van der Waals surface area contributed by atoms with E-state index >= 15 is 0 Å². The average molecular weight is 376 g/mol. The summed E-state index contributed by atoms with van der Waals surface area (Å²) < 4.78 is 0. The van der Waals surface area contributed by atoms with E-state index in [0.717, 1.165) is 0 Å².